The van der Waals surface area contributed by atoms with Crippen molar-refractivity contribution in [1.82, 2.24) is 10.9 Å². The summed E-state index contributed by atoms with van der Waals surface area (Å²) in [6, 6.07) is 9.71. The van der Waals surface area contributed by atoms with Crippen LogP contribution in [0.1, 0.15) is 20.7 Å². The largest absolute Gasteiger partial charge is 0.486 e. The van der Waals surface area contributed by atoms with Crippen molar-refractivity contribution in [2.45, 2.75) is 10.4 Å². The summed E-state index contributed by atoms with van der Waals surface area (Å²) >= 11 is -0.402. The lowest BCUT2D eigenvalue weighted by Crippen LogP contribution is -2.41. The van der Waals surface area contributed by atoms with Gasteiger partial charge in [-0.2, -0.15) is 13.2 Å². The first-order valence-electron chi connectivity index (χ1n) is 7.68. The van der Waals surface area contributed by atoms with Gasteiger partial charge in [0.15, 0.2) is 11.5 Å². The van der Waals surface area contributed by atoms with Gasteiger partial charge in [-0.1, -0.05) is 12.1 Å². The van der Waals surface area contributed by atoms with Gasteiger partial charge in [0.05, 0.1) is 5.56 Å². The molecule has 0 saturated carbocycles. The van der Waals surface area contributed by atoms with Gasteiger partial charge in [0, 0.05) is 10.5 Å². The van der Waals surface area contributed by atoms with Crippen LogP contribution in [-0.4, -0.2) is 30.5 Å². The van der Waals surface area contributed by atoms with Gasteiger partial charge in [0.2, 0.25) is 0 Å². The number of hydrazine groups is 1. The minimum Gasteiger partial charge on any atom is -0.486 e. The number of ether oxygens (including phenoxy) is 2. The molecule has 0 radical (unpaired) electrons. The summed E-state index contributed by atoms with van der Waals surface area (Å²) in [5.41, 5.74) is -0.270. The van der Waals surface area contributed by atoms with E-state index in [0.29, 0.717) is 24.7 Å². The molecule has 1 aliphatic rings. The lowest BCUT2D eigenvalue weighted by molar-refractivity contribution is -0.0328. The lowest BCUT2D eigenvalue weighted by atomic mass is 10.2. The maximum absolute atomic E-state index is 12.6. The van der Waals surface area contributed by atoms with Crippen LogP contribution in [0.2, 0.25) is 0 Å². The van der Waals surface area contributed by atoms with Crippen LogP contribution in [0, 0.1) is 0 Å². The molecule has 0 aromatic heterocycles. The van der Waals surface area contributed by atoms with Gasteiger partial charge in [0.1, 0.15) is 13.2 Å². The Labute approximate surface area is 156 Å². The van der Waals surface area contributed by atoms with E-state index in [2.05, 4.69) is 10.9 Å². The third-order valence-corrected chi connectivity index (χ3v) is 4.26. The predicted octanol–water partition coefficient (Wildman–Crippen LogP) is 3.14. The first-order chi connectivity index (χ1) is 12.8. The van der Waals surface area contributed by atoms with Crippen LogP contribution in [0.15, 0.2) is 47.4 Å². The fourth-order valence-corrected chi connectivity index (χ4v) is 2.97. The lowest BCUT2D eigenvalue weighted by Gasteiger charge is -2.18. The molecule has 6 nitrogen and oxygen atoms in total. The molecule has 2 amide bonds. The third kappa shape index (κ3) is 4.85. The van der Waals surface area contributed by atoms with Crippen molar-refractivity contribution in [2.75, 3.05) is 13.2 Å². The second-order valence-electron chi connectivity index (χ2n) is 5.31. The highest BCUT2D eigenvalue weighted by Gasteiger charge is 2.31. The van der Waals surface area contributed by atoms with Crippen molar-refractivity contribution in [2.24, 2.45) is 0 Å². The Morgan fingerprint density at radius 2 is 1.59 bits per heavy atom. The maximum Gasteiger partial charge on any atom is 0.446 e. The molecule has 0 saturated heterocycles. The molecule has 1 heterocycles. The summed E-state index contributed by atoms with van der Waals surface area (Å²) in [4.78, 5) is 24.1. The van der Waals surface area contributed by atoms with Crippen LogP contribution in [0.3, 0.4) is 0 Å². The summed E-state index contributed by atoms with van der Waals surface area (Å²) in [5.74, 6) is -0.624. The first kappa shape index (κ1) is 18.9. The minimum atomic E-state index is -4.54. The van der Waals surface area contributed by atoms with Crippen LogP contribution in [-0.2, 0) is 0 Å². The number of carbonyl (C=O) groups is 2. The van der Waals surface area contributed by atoms with Gasteiger partial charge < -0.3 is 9.47 Å². The fourth-order valence-electron chi connectivity index (χ4n) is 2.31. The molecule has 0 spiro atoms. The number of thioether (sulfide) groups is 1. The molecule has 10 heteroatoms. The average Bonchev–Trinajstić information content (AvgIpc) is 2.64. The molecule has 3 rings (SSSR count). The number of benzene rings is 2. The molecule has 0 aliphatic carbocycles. The Morgan fingerprint density at radius 1 is 0.926 bits per heavy atom. The van der Waals surface area contributed by atoms with E-state index in [1.165, 1.54) is 36.4 Å². The number of alkyl halides is 3. The normalized spacial score (nSPS) is 13.0. The summed E-state index contributed by atoms with van der Waals surface area (Å²) in [6.07, 6.45) is 0. The van der Waals surface area contributed by atoms with Gasteiger partial charge in [-0.3, -0.25) is 20.4 Å². The third-order valence-electron chi connectivity index (χ3n) is 3.45. The van der Waals surface area contributed by atoms with Crippen LogP contribution >= 0.6 is 11.8 Å². The van der Waals surface area contributed by atoms with E-state index in [9.17, 15) is 22.8 Å². The zero-order valence-electron chi connectivity index (χ0n) is 13.6. The number of fused-ring (bicyclic) bond motifs is 1. The number of amides is 2. The van der Waals surface area contributed by atoms with Gasteiger partial charge >= 0.3 is 5.51 Å². The van der Waals surface area contributed by atoms with Crippen molar-refractivity contribution in [3.05, 3.63) is 53.6 Å². The summed E-state index contributed by atoms with van der Waals surface area (Å²) < 4.78 is 48.5. The van der Waals surface area contributed by atoms with E-state index in [0.717, 1.165) is 0 Å². The summed E-state index contributed by atoms with van der Waals surface area (Å²) in [5, 5.41) is 0. The molecule has 2 N–H and O–H groups in total. The topological polar surface area (TPSA) is 76.7 Å². The SMILES string of the molecule is O=C(NNC(=O)c1ccccc1SC(F)(F)F)c1ccc2c(c1)OCCO2. The molecule has 0 atom stereocenters. The van der Waals surface area contributed by atoms with Gasteiger partial charge in [-0.25, -0.2) is 0 Å². The first-order valence-corrected chi connectivity index (χ1v) is 8.50. The van der Waals surface area contributed by atoms with Crippen molar-refractivity contribution in [3.63, 3.8) is 0 Å². The van der Waals surface area contributed by atoms with E-state index in [1.54, 1.807) is 6.07 Å². The molecule has 1 aliphatic heterocycles. The highest BCUT2D eigenvalue weighted by molar-refractivity contribution is 8.00. The fraction of sp³-hybridized carbons (Fsp3) is 0.176. The minimum absolute atomic E-state index is 0.192. The molecule has 0 bridgehead atoms. The quantitative estimate of drug-likeness (QED) is 0.614. The molecule has 142 valence electrons. The standard InChI is InChI=1S/C17H13F3N2O4S/c18-17(19,20)27-14-4-2-1-3-11(14)16(24)22-21-15(23)10-5-6-12-13(9-10)26-8-7-25-12/h1-6,9H,7-8H2,(H,21,23)(H,22,24). The smallest absolute Gasteiger partial charge is 0.446 e. The van der Waals surface area contributed by atoms with Crippen molar-refractivity contribution >= 4 is 23.6 Å². The van der Waals surface area contributed by atoms with E-state index in [1.807, 2.05) is 0 Å². The Bertz CT molecular complexity index is 873. The Morgan fingerprint density at radius 3 is 2.33 bits per heavy atom. The number of halogens is 3. The number of nitrogens with one attached hydrogen (secondary N) is 2. The van der Waals surface area contributed by atoms with Crippen molar-refractivity contribution < 1.29 is 32.2 Å². The number of carbonyl (C=O) groups excluding carboxylic acids is 2. The monoisotopic (exact) mass is 398 g/mol. The molecular weight excluding hydrogens is 385 g/mol. The Balaban J connectivity index is 1.67. The van der Waals surface area contributed by atoms with Crippen molar-refractivity contribution in [1.29, 1.82) is 0 Å². The second-order valence-corrected chi connectivity index (χ2v) is 6.42. The highest BCUT2D eigenvalue weighted by Crippen LogP contribution is 2.38. The Kier molecular flexibility index (Phi) is 5.45. The molecule has 27 heavy (non-hydrogen) atoms. The molecule has 2 aromatic rings. The predicted molar refractivity (Wildman–Crippen MR) is 90.7 cm³/mol. The van der Waals surface area contributed by atoms with Gasteiger partial charge in [-0.05, 0) is 42.1 Å². The second kappa shape index (κ2) is 7.78. The van der Waals surface area contributed by atoms with Crippen LogP contribution in [0.4, 0.5) is 13.2 Å². The molecule has 0 fully saturated rings. The van der Waals surface area contributed by atoms with Crippen LogP contribution in [0.5, 0.6) is 11.5 Å². The highest BCUT2D eigenvalue weighted by atomic mass is 32.2. The van der Waals surface area contributed by atoms with Crippen LogP contribution < -0.4 is 20.3 Å². The van der Waals surface area contributed by atoms with E-state index < -0.39 is 29.1 Å². The van der Waals surface area contributed by atoms with Crippen LogP contribution in [0.25, 0.3) is 0 Å². The Hall–Kier alpha value is -2.88. The summed E-state index contributed by atoms with van der Waals surface area (Å²) in [7, 11) is 0. The zero-order chi connectivity index (χ0) is 19.4. The van der Waals surface area contributed by atoms with Gasteiger partial charge in [-0.15, -0.1) is 0 Å². The van der Waals surface area contributed by atoms with Crippen molar-refractivity contribution in [3.8, 4) is 11.5 Å². The van der Waals surface area contributed by atoms with E-state index >= 15 is 0 Å². The number of hydrogen-bond donors (Lipinski definition) is 2. The molecular formula is C17H13F3N2O4S. The molecule has 2 aromatic carbocycles. The number of rotatable bonds is 3. The molecule has 0 unspecified atom stereocenters. The van der Waals surface area contributed by atoms with E-state index in [4.69, 9.17) is 9.47 Å². The van der Waals surface area contributed by atoms with E-state index in [-0.39, 0.29) is 16.0 Å². The zero-order valence-corrected chi connectivity index (χ0v) is 14.4. The maximum atomic E-state index is 12.6. The summed E-state index contributed by atoms with van der Waals surface area (Å²) in [6.45, 7) is 0.756. The number of hydrogen-bond acceptors (Lipinski definition) is 5. The van der Waals surface area contributed by atoms with Gasteiger partial charge in [0.25, 0.3) is 11.8 Å². The average molecular weight is 398 g/mol.